The number of hydrogen-bond donors (Lipinski definition) is 0. The van der Waals surface area contributed by atoms with Crippen molar-refractivity contribution in [1.29, 1.82) is 0 Å². The van der Waals surface area contributed by atoms with Gasteiger partial charge in [-0.2, -0.15) is 0 Å². The molecule has 2 fully saturated rings. The molecule has 0 N–H and O–H groups in total. The van der Waals surface area contributed by atoms with Gasteiger partial charge in [-0.05, 0) is 64.9 Å². The Balaban J connectivity index is 1.86. The topological polar surface area (TPSA) is 0 Å². The zero-order valence-corrected chi connectivity index (χ0v) is 16.0. The second-order valence-corrected chi connectivity index (χ2v) is 10.5. The Morgan fingerprint density at radius 1 is 0.905 bits per heavy atom. The molecule has 1 heteroatoms. The molecular weight excluding hydrogens is 320 g/mol. The minimum absolute atomic E-state index is 0.362. The summed E-state index contributed by atoms with van der Waals surface area (Å²) in [5.74, 6) is 1.55. The first-order valence-electron chi connectivity index (χ1n) is 8.69. The Hall–Kier alpha value is -0.0400. The average Bonchev–Trinajstić information content (AvgIpc) is 2.88. The van der Waals surface area contributed by atoms with Crippen molar-refractivity contribution in [3.05, 3.63) is 21.7 Å². The summed E-state index contributed by atoms with van der Waals surface area (Å²) in [4.78, 5) is 0. The van der Waals surface area contributed by atoms with Crippen molar-refractivity contribution in [1.82, 2.24) is 0 Å². The van der Waals surface area contributed by atoms with Crippen molar-refractivity contribution in [3.63, 3.8) is 0 Å². The zero-order valence-electron chi connectivity index (χ0n) is 14.4. The molecule has 0 radical (unpaired) electrons. The first-order valence-corrected chi connectivity index (χ1v) is 9.49. The van der Waals surface area contributed by atoms with Crippen molar-refractivity contribution in [3.8, 4) is 0 Å². The van der Waals surface area contributed by atoms with Crippen molar-refractivity contribution in [2.24, 2.45) is 33.5 Å². The largest absolute Gasteiger partial charge is 0.0742 e. The number of fused-ring (bicyclic) bond motifs is 4. The van der Waals surface area contributed by atoms with Crippen LogP contribution in [-0.4, -0.2) is 0 Å². The van der Waals surface area contributed by atoms with Gasteiger partial charge >= 0.3 is 0 Å². The Labute approximate surface area is 138 Å². The second kappa shape index (κ2) is 3.71. The van der Waals surface area contributed by atoms with Crippen LogP contribution in [0.5, 0.6) is 0 Å². The van der Waals surface area contributed by atoms with Gasteiger partial charge in [0.15, 0.2) is 0 Å². The van der Waals surface area contributed by atoms with E-state index in [1.165, 1.54) is 25.7 Å². The maximum absolute atomic E-state index is 4.07. The molecule has 4 rings (SSSR count). The third-order valence-electron chi connectivity index (χ3n) is 8.75. The van der Waals surface area contributed by atoms with Gasteiger partial charge in [-0.25, -0.2) is 0 Å². The van der Waals surface area contributed by atoms with Crippen molar-refractivity contribution < 1.29 is 0 Å². The highest BCUT2D eigenvalue weighted by Crippen LogP contribution is 2.74. The van der Waals surface area contributed by atoms with Gasteiger partial charge in [-0.1, -0.05) is 63.5 Å². The number of halogens is 1. The lowest BCUT2D eigenvalue weighted by Crippen LogP contribution is -2.29. The molecule has 0 aromatic heterocycles. The van der Waals surface area contributed by atoms with Gasteiger partial charge in [-0.15, -0.1) is 0 Å². The smallest absolute Gasteiger partial charge is 0.00531 e. The molecule has 0 aromatic carbocycles. The summed E-state index contributed by atoms with van der Waals surface area (Å²) in [6.07, 6.45) is 8.19. The maximum Gasteiger partial charge on any atom is 0.00531 e. The highest BCUT2D eigenvalue weighted by Gasteiger charge is 2.64. The van der Waals surface area contributed by atoms with E-state index in [0.29, 0.717) is 21.7 Å². The minimum Gasteiger partial charge on any atom is -0.0742 e. The molecule has 0 heterocycles. The monoisotopic (exact) mass is 348 g/mol. The second-order valence-electron chi connectivity index (χ2n) is 9.70. The lowest BCUT2D eigenvalue weighted by molar-refractivity contribution is 0.173. The standard InChI is InChI=1S/C20H29Br/c1-17(2)13-7-9-19(17,5)11-12(13)15-14-8-10-20(6,16(15)21)18(14,3)4/h11,13-14H,7-10H2,1-6H3/t13-,14-,19+,20+/m1/s1. The summed E-state index contributed by atoms with van der Waals surface area (Å²) in [6, 6.07) is 0. The van der Waals surface area contributed by atoms with Gasteiger partial charge in [0.05, 0.1) is 0 Å². The van der Waals surface area contributed by atoms with E-state index in [2.05, 4.69) is 63.5 Å². The summed E-state index contributed by atoms with van der Waals surface area (Å²) in [7, 11) is 0. The summed E-state index contributed by atoms with van der Waals surface area (Å²) < 4.78 is 1.55. The van der Waals surface area contributed by atoms with E-state index in [0.717, 1.165) is 11.8 Å². The Kier molecular flexibility index (Phi) is 2.57. The molecule has 0 amide bonds. The predicted molar refractivity (Wildman–Crippen MR) is 93.3 cm³/mol. The maximum atomic E-state index is 4.07. The molecule has 4 atom stereocenters. The van der Waals surface area contributed by atoms with E-state index in [1.807, 2.05) is 0 Å². The van der Waals surface area contributed by atoms with E-state index < -0.39 is 0 Å². The predicted octanol–water partition coefficient (Wildman–Crippen LogP) is 6.47. The van der Waals surface area contributed by atoms with Crippen molar-refractivity contribution >= 4 is 15.9 Å². The third kappa shape index (κ3) is 1.35. The van der Waals surface area contributed by atoms with Crippen LogP contribution in [0.25, 0.3) is 0 Å². The van der Waals surface area contributed by atoms with E-state index in [-0.39, 0.29) is 0 Å². The van der Waals surface area contributed by atoms with Crippen LogP contribution in [0.4, 0.5) is 0 Å². The normalized spacial score (nSPS) is 49.2. The molecule has 4 bridgehead atoms. The van der Waals surface area contributed by atoms with Crippen LogP contribution >= 0.6 is 15.9 Å². The van der Waals surface area contributed by atoms with Crippen LogP contribution in [0.3, 0.4) is 0 Å². The molecule has 0 saturated heterocycles. The molecule has 0 nitrogen and oxygen atoms in total. The average molecular weight is 349 g/mol. The van der Waals surface area contributed by atoms with Crippen LogP contribution in [-0.2, 0) is 0 Å². The lowest BCUT2D eigenvalue weighted by atomic mass is 9.69. The van der Waals surface area contributed by atoms with Crippen LogP contribution in [0, 0.1) is 33.5 Å². The minimum atomic E-state index is 0.362. The Morgan fingerprint density at radius 2 is 1.52 bits per heavy atom. The number of hydrogen-bond acceptors (Lipinski definition) is 0. The molecule has 21 heavy (non-hydrogen) atoms. The molecule has 2 saturated carbocycles. The fourth-order valence-corrected chi connectivity index (χ4v) is 7.43. The van der Waals surface area contributed by atoms with Gasteiger partial charge in [-0.3, -0.25) is 0 Å². The van der Waals surface area contributed by atoms with E-state index in [1.54, 1.807) is 15.6 Å². The molecule has 0 spiro atoms. The number of rotatable bonds is 1. The third-order valence-corrected chi connectivity index (χ3v) is 10.1. The quantitative estimate of drug-likeness (QED) is 0.509. The van der Waals surface area contributed by atoms with E-state index in [9.17, 15) is 0 Å². The molecule has 116 valence electrons. The molecule has 0 aliphatic heterocycles. The molecule has 0 unspecified atom stereocenters. The molecular formula is C20H29Br. The Bertz CT molecular complexity index is 591. The van der Waals surface area contributed by atoms with Crippen LogP contribution in [0.15, 0.2) is 21.7 Å². The zero-order chi connectivity index (χ0) is 15.4. The highest BCUT2D eigenvalue weighted by molar-refractivity contribution is 9.11. The van der Waals surface area contributed by atoms with Gasteiger partial charge in [0.25, 0.3) is 0 Å². The Morgan fingerprint density at radius 3 is 1.95 bits per heavy atom. The van der Waals surface area contributed by atoms with Gasteiger partial charge in [0.1, 0.15) is 0 Å². The van der Waals surface area contributed by atoms with Crippen molar-refractivity contribution in [2.75, 3.05) is 0 Å². The fraction of sp³-hybridized carbons (Fsp3) is 0.800. The van der Waals surface area contributed by atoms with E-state index >= 15 is 0 Å². The fourth-order valence-electron chi connectivity index (χ4n) is 6.21. The summed E-state index contributed by atoms with van der Waals surface area (Å²) in [6.45, 7) is 15.0. The van der Waals surface area contributed by atoms with Crippen LogP contribution in [0.1, 0.15) is 67.2 Å². The van der Waals surface area contributed by atoms with Gasteiger partial charge in [0.2, 0.25) is 0 Å². The number of allylic oxidation sites excluding steroid dienone is 4. The van der Waals surface area contributed by atoms with Crippen LogP contribution in [0.2, 0.25) is 0 Å². The van der Waals surface area contributed by atoms with Crippen LogP contribution < -0.4 is 0 Å². The SMILES string of the molecule is CC1(C)[C@@H]2CC[C@@]1(C)C(Br)=C2C1=C[C@]2(C)CC[C@H]1C2(C)C. The first-order chi connectivity index (χ1) is 9.56. The van der Waals surface area contributed by atoms with Gasteiger partial charge < -0.3 is 0 Å². The van der Waals surface area contributed by atoms with E-state index in [4.69, 9.17) is 0 Å². The molecule has 4 aliphatic rings. The summed E-state index contributed by atoms with van der Waals surface area (Å²) in [5, 5.41) is 0. The summed E-state index contributed by atoms with van der Waals surface area (Å²) >= 11 is 4.07. The van der Waals surface area contributed by atoms with Gasteiger partial charge in [0, 0.05) is 9.90 Å². The molecule has 4 aliphatic carbocycles. The summed E-state index contributed by atoms with van der Waals surface area (Å²) in [5.41, 5.74) is 5.07. The highest BCUT2D eigenvalue weighted by atomic mass is 79.9. The first kappa shape index (κ1) is 14.5. The molecule has 0 aromatic rings. The van der Waals surface area contributed by atoms with Crippen molar-refractivity contribution in [2.45, 2.75) is 67.2 Å². The lowest BCUT2D eigenvalue weighted by Gasteiger charge is -2.35.